The molecule has 3 nitrogen and oxygen atoms in total. The highest BCUT2D eigenvalue weighted by molar-refractivity contribution is 5.10. The SMILES string of the molecule is CCC(C)C1CN(Cc2ccncc2)C(C(C)C)CN1. The molecule has 0 aromatic carbocycles. The van der Waals surface area contributed by atoms with E-state index < -0.39 is 0 Å². The molecule has 1 aliphatic heterocycles. The molecule has 0 aliphatic carbocycles. The summed E-state index contributed by atoms with van der Waals surface area (Å²) in [5.41, 5.74) is 1.37. The van der Waals surface area contributed by atoms with E-state index in [4.69, 9.17) is 0 Å². The molecule has 1 aliphatic rings. The van der Waals surface area contributed by atoms with Crippen molar-refractivity contribution in [1.29, 1.82) is 0 Å². The molecule has 112 valence electrons. The van der Waals surface area contributed by atoms with Crippen LogP contribution in [0.5, 0.6) is 0 Å². The normalized spacial score (nSPS) is 25.9. The maximum atomic E-state index is 4.12. The van der Waals surface area contributed by atoms with Gasteiger partial charge in [-0.3, -0.25) is 9.88 Å². The van der Waals surface area contributed by atoms with E-state index in [0.717, 1.165) is 25.6 Å². The molecular weight excluding hydrogens is 246 g/mol. The fourth-order valence-corrected chi connectivity index (χ4v) is 3.08. The highest BCUT2D eigenvalue weighted by Gasteiger charge is 2.31. The number of aromatic nitrogens is 1. The molecule has 0 spiro atoms. The Balaban J connectivity index is 2.07. The summed E-state index contributed by atoms with van der Waals surface area (Å²) in [4.78, 5) is 6.78. The molecular formula is C17H29N3. The standard InChI is InChI=1S/C17H29N3/c1-5-14(4)16-12-20(17(10-19-16)13(2)3)11-15-6-8-18-9-7-15/h6-9,13-14,16-17,19H,5,10-12H2,1-4H3. The fraction of sp³-hybridized carbons (Fsp3) is 0.706. The lowest BCUT2D eigenvalue weighted by Gasteiger charge is -2.44. The third kappa shape index (κ3) is 3.80. The number of hydrogen-bond donors (Lipinski definition) is 1. The number of piperazine rings is 1. The maximum Gasteiger partial charge on any atom is 0.0271 e. The molecule has 1 saturated heterocycles. The van der Waals surface area contributed by atoms with Gasteiger partial charge in [0.05, 0.1) is 0 Å². The second-order valence-corrected chi connectivity index (χ2v) is 6.50. The van der Waals surface area contributed by atoms with Crippen molar-refractivity contribution in [3.63, 3.8) is 0 Å². The van der Waals surface area contributed by atoms with Crippen LogP contribution >= 0.6 is 0 Å². The molecule has 1 fully saturated rings. The summed E-state index contributed by atoms with van der Waals surface area (Å²) in [7, 11) is 0. The summed E-state index contributed by atoms with van der Waals surface area (Å²) in [6, 6.07) is 5.52. The van der Waals surface area contributed by atoms with Crippen LogP contribution in [0.25, 0.3) is 0 Å². The van der Waals surface area contributed by atoms with Gasteiger partial charge in [0.15, 0.2) is 0 Å². The third-order valence-electron chi connectivity index (χ3n) is 4.72. The monoisotopic (exact) mass is 275 g/mol. The first kappa shape index (κ1) is 15.5. The Kier molecular flexibility index (Phi) is 5.55. The number of hydrogen-bond acceptors (Lipinski definition) is 3. The number of nitrogens with one attached hydrogen (secondary N) is 1. The Bertz CT molecular complexity index is 390. The smallest absolute Gasteiger partial charge is 0.0271 e. The van der Waals surface area contributed by atoms with Gasteiger partial charge < -0.3 is 5.32 Å². The Morgan fingerprint density at radius 3 is 2.60 bits per heavy atom. The first-order chi connectivity index (χ1) is 9.61. The van der Waals surface area contributed by atoms with Crippen LogP contribution in [0.3, 0.4) is 0 Å². The van der Waals surface area contributed by atoms with Gasteiger partial charge in [0.2, 0.25) is 0 Å². The molecule has 0 radical (unpaired) electrons. The van der Waals surface area contributed by atoms with Gasteiger partial charge in [-0.25, -0.2) is 0 Å². The van der Waals surface area contributed by atoms with E-state index >= 15 is 0 Å². The molecule has 1 N–H and O–H groups in total. The molecule has 3 heteroatoms. The van der Waals surface area contributed by atoms with Crippen LogP contribution in [-0.4, -0.2) is 35.1 Å². The summed E-state index contributed by atoms with van der Waals surface area (Å²) < 4.78 is 0. The molecule has 0 saturated carbocycles. The zero-order valence-corrected chi connectivity index (χ0v) is 13.3. The fourth-order valence-electron chi connectivity index (χ4n) is 3.08. The average Bonchev–Trinajstić information content (AvgIpc) is 2.47. The molecule has 2 heterocycles. The van der Waals surface area contributed by atoms with Crippen molar-refractivity contribution in [2.75, 3.05) is 13.1 Å². The lowest BCUT2D eigenvalue weighted by atomic mass is 9.92. The summed E-state index contributed by atoms with van der Waals surface area (Å²) in [6.07, 6.45) is 5.04. The molecule has 0 amide bonds. The summed E-state index contributed by atoms with van der Waals surface area (Å²) in [5, 5.41) is 3.76. The Hall–Kier alpha value is -0.930. The van der Waals surface area contributed by atoms with Crippen molar-refractivity contribution >= 4 is 0 Å². The zero-order valence-electron chi connectivity index (χ0n) is 13.3. The van der Waals surface area contributed by atoms with E-state index in [1.807, 2.05) is 12.4 Å². The molecule has 1 aromatic rings. The Labute approximate surface area is 123 Å². The Morgan fingerprint density at radius 1 is 1.30 bits per heavy atom. The van der Waals surface area contributed by atoms with E-state index in [9.17, 15) is 0 Å². The minimum absolute atomic E-state index is 0.622. The minimum Gasteiger partial charge on any atom is -0.311 e. The van der Waals surface area contributed by atoms with Gasteiger partial charge in [-0.15, -0.1) is 0 Å². The molecule has 0 bridgehead atoms. The maximum absolute atomic E-state index is 4.12. The summed E-state index contributed by atoms with van der Waals surface area (Å²) >= 11 is 0. The lowest BCUT2D eigenvalue weighted by Crippen LogP contribution is -2.59. The van der Waals surface area contributed by atoms with Gasteiger partial charge in [-0.1, -0.05) is 34.1 Å². The molecule has 2 rings (SSSR count). The highest BCUT2D eigenvalue weighted by Crippen LogP contribution is 2.21. The van der Waals surface area contributed by atoms with Gasteiger partial charge in [0, 0.05) is 44.1 Å². The van der Waals surface area contributed by atoms with Crippen molar-refractivity contribution in [3.8, 4) is 0 Å². The largest absolute Gasteiger partial charge is 0.311 e. The van der Waals surface area contributed by atoms with E-state index in [-0.39, 0.29) is 0 Å². The van der Waals surface area contributed by atoms with Gasteiger partial charge >= 0.3 is 0 Å². The van der Waals surface area contributed by atoms with Crippen LogP contribution in [0.2, 0.25) is 0 Å². The van der Waals surface area contributed by atoms with Crippen molar-refractivity contribution < 1.29 is 0 Å². The van der Waals surface area contributed by atoms with Crippen LogP contribution in [0.15, 0.2) is 24.5 Å². The van der Waals surface area contributed by atoms with E-state index in [2.05, 4.69) is 55.0 Å². The van der Waals surface area contributed by atoms with Gasteiger partial charge in [-0.05, 0) is 29.5 Å². The summed E-state index contributed by atoms with van der Waals surface area (Å²) in [6.45, 7) is 12.6. The number of rotatable bonds is 5. The lowest BCUT2D eigenvalue weighted by molar-refractivity contribution is 0.0752. The second kappa shape index (κ2) is 7.19. The van der Waals surface area contributed by atoms with Crippen LogP contribution < -0.4 is 5.32 Å². The Morgan fingerprint density at radius 2 is 2.00 bits per heavy atom. The van der Waals surface area contributed by atoms with Crippen LogP contribution in [0, 0.1) is 11.8 Å². The predicted octanol–water partition coefficient (Wildman–Crippen LogP) is 2.93. The molecule has 3 unspecified atom stereocenters. The third-order valence-corrected chi connectivity index (χ3v) is 4.72. The second-order valence-electron chi connectivity index (χ2n) is 6.50. The van der Waals surface area contributed by atoms with Crippen LogP contribution in [0.1, 0.15) is 39.7 Å². The summed E-state index contributed by atoms with van der Waals surface area (Å²) in [5.74, 6) is 1.42. The molecule has 3 atom stereocenters. The van der Waals surface area contributed by atoms with Crippen molar-refractivity contribution in [1.82, 2.24) is 15.2 Å². The highest BCUT2D eigenvalue weighted by atomic mass is 15.2. The first-order valence-corrected chi connectivity index (χ1v) is 7.98. The zero-order chi connectivity index (χ0) is 14.5. The predicted molar refractivity (Wildman–Crippen MR) is 84.5 cm³/mol. The van der Waals surface area contributed by atoms with Crippen molar-refractivity contribution in [2.24, 2.45) is 11.8 Å². The van der Waals surface area contributed by atoms with E-state index in [1.165, 1.54) is 12.0 Å². The van der Waals surface area contributed by atoms with Crippen LogP contribution in [-0.2, 0) is 6.54 Å². The topological polar surface area (TPSA) is 28.2 Å². The number of pyridine rings is 1. The van der Waals surface area contributed by atoms with Gasteiger partial charge in [0.1, 0.15) is 0 Å². The first-order valence-electron chi connectivity index (χ1n) is 7.98. The van der Waals surface area contributed by atoms with E-state index in [0.29, 0.717) is 18.0 Å². The quantitative estimate of drug-likeness (QED) is 0.895. The van der Waals surface area contributed by atoms with Crippen molar-refractivity contribution in [3.05, 3.63) is 30.1 Å². The molecule has 20 heavy (non-hydrogen) atoms. The number of nitrogens with zero attached hydrogens (tertiary/aromatic N) is 2. The molecule has 1 aromatic heterocycles. The van der Waals surface area contributed by atoms with E-state index in [1.54, 1.807) is 0 Å². The minimum atomic E-state index is 0.622. The van der Waals surface area contributed by atoms with Gasteiger partial charge in [-0.2, -0.15) is 0 Å². The van der Waals surface area contributed by atoms with Gasteiger partial charge in [0.25, 0.3) is 0 Å². The van der Waals surface area contributed by atoms with Crippen molar-refractivity contribution in [2.45, 2.75) is 52.7 Å². The average molecular weight is 275 g/mol. The van der Waals surface area contributed by atoms with Crippen LogP contribution in [0.4, 0.5) is 0 Å².